The van der Waals surface area contributed by atoms with Gasteiger partial charge in [-0.05, 0) is 19.9 Å². The molecule has 0 unspecified atom stereocenters. The summed E-state index contributed by atoms with van der Waals surface area (Å²) in [5.41, 5.74) is 5.22. The first kappa shape index (κ1) is 20.9. The van der Waals surface area contributed by atoms with E-state index < -0.39 is 18.1 Å². The van der Waals surface area contributed by atoms with Gasteiger partial charge in [0.1, 0.15) is 22.8 Å². The quantitative estimate of drug-likeness (QED) is 0.429. The zero-order valence-electron chi connectivity index (χ0n) is 16.3. The van der Waals surface area contributed by atoms with Gasteiger partial charge in [0, 0.05) is 31.1 Å². The van der Waals surface area contributed by atoms with Crippen molar-refractivity contribution in [1.29, 1.82) is 5.41 Å². The van der Waals surface area contributed by atoms with E-state index in [9.17, 15) is 18.7 Å². The first-order chi connectivity index (χ1) is 14.2. The van der Waals surface area contributed by atoms with Gasteiger partial charge in [-0.3, -0.25) is 9.48 Å². The average molecular weight is 419 g/mol. The maximum Gasteiger partial charge on any atom is 0.297 e. The Morgan fingerprint density at radius 1 is 1.43 bits per heavy atom. The number of carbonyl (C=O) groups is 1. The van der Waals surface area contributed by atoms with Crippen molar-refractivity contribution in [2.75, 3.05) is 12.4 Å². The molecule has 10 nitrogen and oxygen atoms in total. The van der Waals surface area contributed by atoms with Crippen LogP contribution < -0.4 is 11.1 Å². The van der Waals surface area contributed by atoms with E-state index in [4.69, 9.17) is 15.6 Å². The standard InChI is InChI=1S/C18H19F2N7O3/c1-4-27-13(14(28)7(2)26-27)18-25-12(15(30-18)16(19)20)11-8(6-21)9(23-3)5-10(24-11)17(22)29/h5-6,16,21,28H,4H2,1-3H3,(H2,22,29)(H,23,24). The number of oxazole rings is 1. The van der Waals surface area contributed by atoms with Crippen molar-refractivity contribution in [2.24, 2.45) is 5.73 Å². The molecule has 0 aliphatic rings. The van der Waals surface area contributed by atoms with Crippen LogP contribution in [0.1, 0.15) is 40.9 Å². The van der Waals surface area contributed by atoms with Gasteiger partial charge in [-0.1, -0.05) is 0 Å². The van der Waals surface area contributed by atoms with E-state index in [1.807, 2.05) is 0 Å². The SMILES string of the molecule is CCn1nc(C)c(O)c1-c1nc(-c2nc(C(N)=O)cc(NC)c2C=N)c(C(F)F)o1. The fourth-order valence-corrected chi connectivity index (χ4v) is 2.98. The van der Waals surface area contributed by atoms with E-state index in [1.165, 1.54) is 17.8 Å². The van der Waals surface area contributed by atoms with Crippen LogP contribution in [0.5, 0.6) is 5.75 Å². The molecule has 0 aromatic carbocycles. The topological polar surface area (TPSA) is 156 Å². The molecule has 0 aliphatic heterocycles. The Hall–Kier alpha value is -3.83. The Morgan fingerprint density at radius 3 is 2.67 bits per heavy atom. The molecule has 0 aliphatic carbocycles. The number of alkyl halides is 2. The Kier molecular flexibility index (Phi) is 5.49. The Balaban J connectivity index is 2.34. The number of rotatable bonds is 7. The summed E-state index contributed by atoms with van der Waals surface area (Å²) < 4.78 is 34.2. The largest absolute Gasteiger partial charge is 0.504 e. The van der Waals surface area contributed by atoms with Gasteiger partial charge in [0.25, 0.3) is 12.3 Å². The third-order valence-corrected chi connectivity index (χ3v) is 4.40. The number of aryl methyl sites for hydroxylation is 2. The molecule has 3 aromatic heterocycles. The van der Waals surface area contributed by atoms with Crippen LogP contribution in [0.15, 0.2) is 10.5 Å². The van der Waals surface area contributed by atoms with Crippen LogP contribution in [0.4, 0.5) is 14.5 Å². The van der Waals surface area contributed by atoms with Crippen molar-refractivity contribution < 1.29 is 23.1 Å². The molecule has 5 N–H and O–H groups in total. The number of aromatic hydroxyl groups is 1. The highest BCUT2D eigenvalue weighted by Gasteiger charge is 2.30. The number of hydrogen-bond acceptors (Lipinski definition) is 8. The van der Waals surface area contributed by atoms with E-state index in [1.54, 1.807) is 13.8 Å². The lowest BCUT2D eigenvalue weighted by atomic mass is 10.1. The lowest BCUT2D eigenvalue weighted by Gasteiger charge is -2.11. The predicted octanol–water partition coefficient (Wildman–Crippen LogP) is 2.71. The van der Waals surface area contributed by atoms with Crippen molar-refractivity contribution in [2.45, 2.75) is 26.8 Å². The molecule has 0 atom stereocenters. The number of anilines is 1. The second-order valence-corrected chi connectivity index (χ2v) is 6.21. The van der Waals surface area contributed by atoms with E-state index in [2.05, 4.69) is 20.4 Å². The Bertz CT molecular complexity index is 1140. The molecule has 0 bridgehead atoms. The van der Waals surface area contributed by atoms with Gasteiger partial charge in [0.2, 0.25) is 11.7 Å². The zero-order chi connectivity index (χ0) is 22.2. The van der Waals surface area contributed by atoms with E-state index in [-0.39, 0.29) is 51.4 Å². The number of hydrogen-bond donors (Lipinski definition) is 4. The fraction of sp³-hybridized carbons (Fsp3) is 0.278. The number of nitrogens with zero attached hydrogens (tertiary/aromatic N) is 4. The van der Waals surface area contributed by atoms with Gasteiger partial charge < -0.3 is 26.0 Å². The van der Waals surface area contributed by atoms with Gasteiger partial charge in [-0.2, -0.15) is 5.10 Å². The van der Waals surface area contributed by atoms with Crippen molar-refractivity contribution >= 4 is 17.8 Å². The van der Waals surface area contributed by atoms with Crippen molar-refractivity contribution in [3.05, 3.63) is 28.8 Å². The van der Waals surface area contributed by atoms with Gasteiger partial charge in [-0.15, -0.1) is 0 Å². The zero-order valence-corrected chi connectivity index (χ0v) is 16.3. The summed E-state index contributed by atoms with van der Waals surface area (Å²) in [5.74, 6) is -2.27. The molecule has 3 heterocycles. The number of amides is 1. The second-order valence-electron chi connectivity index (χ2n) is 6.21. The molecule has 30 heavy (non-hydrogen) atoms. The van der Waals surface area contributed by atoms with E-state index in [0.717, 1.165) is 6.21 Å². The summed E-state index contributed by atoms with van der Waals surface area (Å²) in [6.45, 7) is 3.62. The Morgan fingerprint density at radius 2 is 2.13 bits per heavy atom. The van der Waals surface area contributed by atoms with E-state index >= 15 is 0 Å². The number of pyridine rings is 1. The van der Waals surface area contributed by atoms with Crippen LogP contribution in [-0.4, -0.2) is 44.0 Å². The maximum absolute atomic E-state index is 13.8. The molecule has 0 radical (unpaired) electrons. The maximum atomic E-state index is 13.8. The van der Waals surface area contributed by atoms with Crippen molar-refractivity contribution in [1.82, 2.24) is 19.7 Å². The minimum Gasteiger partial charge on any atom is -0.504 e. The lowest BCUT2D eigenvalue weighted by Crippen LogP contribution is -2.15. The number of halogens is 2. The summed E-state index contributed by atoms with van der Waals surface area (Å²) in [6, 6.07) is 1.30. The molecule has 0 saturated heterocycles. The number of nitrogens with two attached hydrogens (primary N) is 1. The highest BCUT2D eigenvalue weighted by molar-refractivity contribution is 5.99. The second kappa shape index (κ2) is 7.89. The minimum absolute atomic E-state index is 0.0273. The van der Waals surface area contributed by atoms with Crippen LogP contribution in [0.3, 0.4) is 0 Å². The van der Waals surface area contributed by atoms with E-state index in [0.29, 0.717) is 6.54 Å². The lowest BCUT2D eigenvalue weighted by molar-refractivity contribution is 0.0995. The normalized spacial score (nSPS) is 11.1. The monoisotopic (exact) mass is 419 g/mol. The van der Waals surface area contributed by atoms with Gasteiger partial charge in [0.15, 0.2) is 11.4 Å². The molecule has 158 valence electrons. The Labute approximate surface area is 169 Å². The van der Waals surface area contributed by atoms with Crippen LogP contribution in [-0.2, 0) is 6.54 Å². The average Bonchev–Trinajstić information content (AvgIpc) is 3.27. The fourth-order valence-electron chi connectivity index (χ4n) is 2.98. The van der Waals surface area contributed by atoms with Gasteiger partial charge in [0.05, 0.1) is 0 Å². The first-order valence-corrected chi connectivity index (χ1v) is 8.82. The summed E-state index contributed by atoms with van der Waals surface area (Å²) in [4.78, 5) is 19.8. The third-order valence-electron chi connectivity index (χ3n) is 4.40. The van der Waals surface area contributed by atoms with Crippen LogP contribution in [0.25, 0.3) is 23.0 Å². The van der Waals surface area contributed by atoms with Gasteiger partial charge >= 0.3 is 0 Å². The molecular weight excluding hydrogens is 400 g/mol. The minimum atomic E-state index is -3.09. The molecule has 3 aromatic rings. The summed E-state index contributed by atoms with van der Waals surface area (Å²) >= 11 is 0. The number of nitrogens with one attached hydrogen (secondary N) is 2. The summed E-state index contributed by atoms with van der Waals surface area (Å²) in [7, 11) is 1.53. The predicted molar refractivity (Wildman–Crippen MR) is 104 cm³/mol. The highest BCUT2D eigenvalue weighted by Crippen LogP contribution is 2.39. The van der Waals surface area contributed by atoms with Crippen LogP contribution in [0.2, 0.25) is 0 Å². The number of aromatic nitrogens is 4. The van der Waals surface area contributed by atoms with Crippen LogP contribution >= 0.6 is 0 Å². The molecule has 0 fully saturated rings. The number of carbonyl (C=O) groups excluding carboxylic acids is 1. The molecule has 3 rings (SSSR count). The summed E-state index contributed by atoms with van der Waals surface area (Å²) in [6.07, 6.45) is -2.20. The smallest absolute Gasteiger partial charge is 0.297 e. The summed E-state index contributed by atoms with van der Waals surface area (Å²) in [5, 5.41) is 24.9. The molecule has 12 heteroatoms. The van der Waals surface area contributed by atoms with Crippen molar-refractivity contribution in [3.8, 4) is 28.7 Å². The van der Waals surface area contributed by atoms with Crippen molar-refractivity contribution in [3.63, 3.8) is 0 Å². The molecule has 0 spiro atoms. The molecular formula is C18H19F2N7O3. The highest BCUT2D eigenvalue weighted by atomic mass is 19.3. The molecule has 0 saturated carbocycles. The number of primary amides is 1. The first-order valence-electron chi connectivity index (χ1n) is 8.82. The van der Waals surface area contributed by atoms with Gasteiger partial charge in [-0.25, -0.2) is 18.7 Å². The molecule has 1 amide bonds. The third kappa shape index (κ3) is 3.36. The van der Waals surface area contributed by atoms with Crippen LogP contribution in [0, 0.1) is 12.3 Å².